The summed E-state index contributed by atoms with van der Waals surface area (Å²) in [6.07, 6.45) is 12.1. The molecule has 9 nitrogen and oxygen atoms in total. The molecule has 133 heavy (non-hydrogen) atoms. The van der Waals surface area contributed by atoms with Crippen LogP contribution in [0.2, 0.25) is 0 Å². The van der Waals surface area contributed by atoms with Crippen molar-refractivity contribution in [1.82, 2.24) is 0 Å². The standard InChI is InChI=1S/C68H66F6O4.C48H38F2O5/c69-67(70,71)47-29-21-43(22-30-47)63-60-42-56(78-52-19-11-4-12-20-52)38-40-58(60)62(46-27-35-54(36-28-46)76-50-15-7-2-8-16-50)66-64(44-23-31-48(32-24-44)68(72,73)74)59-41-55(77-51-17-9-3-10-18-51)37-39-57(59)61(65(63)66)45-25-33-53(34-26-45)75-49-13-5-1-6-14-49;1-27-7-19-35-39(23-27)45(37-21-17-33(54-5)25-41(37)49)47-44(29-10-14-31(52-3)15-11-29)36-20-16-32(53-4)24-40(36)46(38-22-18-34(55-6)26-42(38)50)48(47)43(35)28-8-12-30(51-2)13-9-28/h21-42,49-52H,1-20H2;7-26H,1-6H3. The molecule has 4 aliphatic carbocycles. The molecule has 0 spiro atoms. The number of hydrogen-bond donors (Lipinski definition) is 0. The number of rotatable bonds is 21. The van der Waals surface area contributed by atoms with Crippen LogP contribution >= 0.6 is 0 Å². The first-order chi connectivity index (χ1) is 64.7. The molecule has 0 atom stereocenters. The van der Waals surface area contributed by atoms with Crippen LogP contribution in [0, 0.1) is 18.6 Å². The van der Waals surface area contributed by atoms with Crippen LogP contribution in [0.15, 0.2) is 255 Å². The maximum absolute atomic E-state index is 16.8. The Bertz CT molecular complexity index is 6740. The molecule has 678 valence electrons. The van der Waals surface area contributed by atoms with Crippen molar-refractivity contribution in [2.24, 2.45) is 0 Å². The number of aryl methyl sites for hydroxylation is 1. The Morgan fingerprint density at radius 3 is 0.744 bits per heavy atom. The Kier molecular flexibility index (Phi) is 25.5. The molecule has 0 heterocycles. The van der Waals surface area contributed by atoms with Crippen molar-refractivity contribution in [1.29, 1.82) is 0 Å². The summed E-state index contributed by atoms with van der Waals surface area (Å²) in [5.74, 6) is 4.67. The van der Waals surface area contributed by atoms with E-state index in [0.717, 1.165) is 266 Å². The molecule has 0 radical (unpaired) electrons. The van der Waals surface area contributed by atoms with Gasteiger partial charge in [0.05, 0.1) is 71.1 Å². The molecule has 17 heteroatoms. The van der Waals surface area contributed by atoms with Gasteiger partial charge in [-0.05, 0) is 375 Å². The van der Waals surface area contributed by atoms with E-state index in [1.54, 1.807) is 69.9 Å². The minimum Gasteiger partial charge on any atom is -0.497 e. The highest BCUT2D eigenvalue weighted by molar-refractivity contribution is 6.36. The molecule has 16 aromatic rings. The van der Waals surface area contributed by atoms with E-state index < -0.39 is 35.1 Å². The van der Waals surface area contributed by atoms with Gasteiger partial charge in [-0.3, -0.25) is 0 Å². The van der Waals surface area contributed by atoms with Crippen molar-refractivity contribution in [2.75, 3.05) is 35.5 Å². The SMILES string of the molecule is COc1ccc(-c2c3ccc(OC)cc3c(-c3ccc(OC)cc3F)c3c(-c4ccc(OC)cc4)c4ccc(C)cc4c(-c4ccc(OC)cc4F)c23)cc1.FC(F)(F)c1ccc(-c2c3cc(OC4CCCCC4)ccc3c(-c3ccc(OC4CCCCC4)cc3)c3c(-c4ccc(C(F)(F)F)cc4)c4cc(OC5CCCCC5)ccc4c(-c4ccc(OC5CCCCC5)cc4)c23)cc1. The van der Waals surface area contributed by atoms with Gasteiger partial charge >= 0.3 is 12.4 Å². The van der Waals surface area contributed by atoms with Crippen LogP contribution < -0.4 is 42.6 Å². The molecular formula is C116H104F8O9. The van der Waals surface area contributed by atoms with Crippen molar-refractivity contribution in [2.45, 2.75) is 172 Å². The van der Waals surface area contributed by atoms with Crippen molar-refractivity contribution in [3.05, 3.63) is 283 Å². The summed E-state index contributed by atoms with van der Waals surface area (Å²) in [5, 5.41) is 9.38. The van der Waals surface area contributed by atoms with Crippen molar-refractivity contribution in [3.8, 4) is 141 Å². The fourth-order valence-electron chi connectivity index (χ4n) is 20.9. The van der Waals surface area contributed by atoms with Crippen LogP contribution in [-0.2, 0) is 12.4 Å². The quantitative estimate of drug-likeness (QED) is 0.0516. The predicted molar refractivity (Wildman–Crippen MR) is 519 cm³/mol. The van der Waals surface area contributed by atoms with E-state index in [4.69, 9.17) is 42.6 Å². The van der Waals surface area contributed by atoms with E-state index in [1.807, 2.05) is 110 Å². The topological polar surface area (TPSA) is 83.1 Å². The maximum Gasteiger partial charge on any atom is 0.416 e. The normalized spacial score (nSPS) is 15.0. The number of alkyl halides is 6. The Morgan fingerprint density at radius 2 is 0.444 bits per heavy atom. The van der Waals surface area contributed by atoms with E-state index in [1.165, 1.54) is 39.2 Å². The van der Waals surface area contributed by atoms with Crippen LogP contribution in [0.1, 0.15) is 145 Å². The molecule has 20 rings (SSSR count). The Labute approximate surface area is 769 Å². The number of benzene rings is 16. The number of halogens is 8. The second kappa shape index (κ2) is 38.1. The highest BCUT2D eigenvalue weighted by Gasteiger charge is 2.36. The first-order valence-electron chi connectivity index (χ1n) is 46.5. The number of methoxy groups -OCH3 is 5. The maximum atomic E-state index is 16.8. The van der Waals surface area contributed by atoms with Crippen LogP contribution in [0.5, 0.6) is 51.7 Å². The molecule has 0 unspecified atom stereocenters. The summed E-state index contributed by atoms with van der Waals surface area (Å²) < 4.78 is 176. The van der Waals surface area contributed by atoms with E-state index in [0.29, 0.717) is 84.8 Å². The minimum absolute atomic E-state index is 0.00694. The smallest absolute Gasteiger partial charge is 0.416 e. The molecule has 16 aromatic carbocycles. The molecular weight excluding hydrogens is 1690 g/mol. The number of fused-ring (bicyclic) bond motifs is 6. The molecule has 0 N–H and O–H groups in total. The van der Waals surface area contributed by atoms with Crippen LogP contribution in [0.25, 0.3) is 154 Å². The Morgan fingerprint density at radius 1 is 0.218 bits per heavy atom. The molecule has 4 fully saturated rings. The zero-order valence-electron chi connectivity index (χ0n) is 75.4. The van der Waals surface area contributed by atoms with E-state index in [2.05, 4.69) is 66.7 Å². The first kappa shape index (κ1) is 89.0. The van der Waals surface area contributed by atoms with Gasteiger partial charge in [0.15, 0.2) is 0 Å². The van der Waals surface area contributed by atoms with Gasteiger partial charge < -0.3 is 42.6 Å². The minimum atomic E-state index is -4.59. The number of hydrogen-bond acceptors (Lipinski definition) is 9. The lowest BCUT2D eigenvalue weighted by Crippen LogP contribution is -2.19. The third-order valence-electron chi connectivity index (χ3n) is 27.4. The fourth-order valence-corrected chi connectivity index (χ4v) is 20.9. The third kappa shape index (κ3) is 18.1. The van der Waals surface area contributed by atoms with Crippen molar-refractivity contribution >= 4 is 64.6 Å². The zero-order valence-corrected chi connectivity index (χ0v) is 75.4. The molecule has 4 saturated carbocycles. The molecule has 0 amide bonds. The Balaban J connectivity index is 0.000000182. The first-order valence-corrected chi connectivity index (χ1v) is 46.5. The molecule has 0 bridgehead atoms. The van der Waals surface area contributed by atoms with Gasteiger partial charge in [-0.25, -0.2) is 8.78 Å². The van der Waals surface area contributed by atoms with E-state index >= 15 is 8.78 Å². The largest absolute Gasteiger partial charge is 0.497 e. The lowest BCUT2D eigenvalue weighted by atomic mass is 9.77. The Hall–Kier alpha value is -13.3. The second-order valence-electron chi connectivity index (χ2n) is 35.7. The molecule has 0 aromatic heterocycles. The summed E-state index contributed by atoms with van der Waals surface area (Å²) in [5.41, 5.74) is 10.7. The average molecular weight is 1790 g/mol. The lowest BCUT2D eigenvalue weighted by Gasteiger charge is -2.28. The summed E-state index contributed by atoms with van der Waals surface area (Å²) in [6, 6.07) is 76.9. The van der Waals surface area contributed by atoms with Crippen LogP contribution in [0.4, 0.5) is 35.1 Å². The summed E-state index contributed by atoms with van der Waals surface area (Å²) in [7, 11) is 7.91. The van der Waals surface area contributed by atoms with E-state index in [-0.39, 0.29) is 24.4 Å². The van der Waals surface area contributed by atoms with Gasteiger partial charge in [0.2, 0.25) is 0 Å². The van der Waals surface area contributed by atoms with Gasteiger partial charge in [-0.15, -0.1) is 0 Å². The van der Waals surface area contributed by atoms with Crippen molar-refractivity contribution < 1.29 is 77.8 Å². The highest BCUT2D eigenvalue weighted by atomic mass is 19.4. The van der Waals surface area contributed by atoms with Gasteiger partial charge in [0.1, 0.15) is 63.4 Å². The zero-order chi connectivity index (χ0) is 91.8. The van der Waals surface area contributed by atoms with Gasteiger partial charge in [0.25, 0.3) is 0 Å². The molecule has 4 aliphatic rings. The second-order valence-corrected chi connectivity index (χ2v) is 35.7. The van der Waals surface area contributed by atoms with Gasteiger partial charge in [-0.2, -0.15) is 26.3 Å². The lowest BCUT2D eigenvalue weighted by molar-refractivity contribution is -0.138. The van der Waals surface area contributed by atoms with Crippen molar-refractivity contribution in [3.63, 3.8) is 0 Å². The number of ether oxygens (including phenoxy) is 9. The highest BCUT2D eigenvalue weighted by Crippen LogP contribution is 2.59. The predicted octanol–water partition coefficient (Wildman–Crippen LogP) is 33.1. The van der Waals surface area contributed by atoms with E-state index in [9.17, 15) is 26.3 Å². The fraction of sp³-hybridized carbons (Fsp3) is 0.276. The summed E-state index contributed by atoms with van der Waals surface area (Å²) >= 11 is 0. The van der Waals surface area contributed by atoms with Gasteiger partial charge in [0, 0.05) is 34.4 Å². The molecule has 0 saturated heterocycles. The van der Waals surface area contributed by atoms with Crippen LogP contribution in [-0.4, -0.2) is 60.0 Å². The van der Waals surface area contributed by atoms with Gasteiger partial charge in [-0.1, -0.05) is 140 Å². The summed E-state index contributed by atoms with van der Waals surface area (Å²) in [6.45, 7) is 2.03. The monoisotopic (exact) mass is 1790 g/mol. The average Bonchev–Trinajstić information content (AvgIpc) is 0.696. The van der Waals surface area contributed by atoms with Crippen LogP contribution in [0.3, 0.4) is 0 Å². The third-order valence-corrected chi connectivity index (χ3v) is 27.4. The molecule has 0 aliphatic heterocycles. The summed E-state index contributed by atoms with van der Waals surface area (Å²) in [4.78, 5) is 0.